The summed E-state index contributed by atoms with van der Waals surface area (Å²) in [6.45, 7) is 0. The maximum atomic E-state index is 13.6. The molecule has 0 fully saturated rings. The smallest absolute Gasteiger partial charge is 0.360 e. The highest BCUT2D eigenvalue weighted by molar-refractivity contribution is 7.99. The number of rotatable bonds is 6. The topological polar surface area (TPSA) is 75.6 Å². The first-order valence-corrected chi connectivity index (χ1v) is 11.7. The van der Waals surface area contributed by atoms with E-state index in [2.05, 4.69) is 20.5 Å². The number of halogens is 4. The second-order valence-corrected chi connectivity index (χ2v) is 8.72. The molecule has 0 radical (unpaired) electrons. The number of anilines is 1. The SMILES string of the molecule is O=C(CSc1nnc(-c2c[nH]c3ccccc23)n1-c1ccc(F)cc1)Nc1cccc(C(F)(F)F)c1. The summed E-state index contributed by atoms with van der Waals surface area (Å²) in [6.07, 6.45) is -2.72. The predicted octanol–water partition coefficient (Wildman–Crippen LogP) is 6.30. The summed E-state index contributed by atoms with van der Waals surface area (Å²) in [5.74, 6) is -0.569. The van der Waals surface area contributed by atoms with Crippen molar-refractivity contribution in [2.75, 3.05) is 11.1 Å². The number of nitrogens with zero attached hydrogens (tertiary/aromatic N) is 3. The average Bonchev–Trinajstić information content (AvgIpc) is 3.47. The highest BCUT2D eigenvalue weighted by Crippen LogP contribution is 2.33. The zero-order valence-corrected chi connectivity index (χ0v) is 19.2. The molecule has 0 spiro atoms. The summed E-state index contributed by atoms with van der Waals surface area (Å²) in [5.41, 5.74) is 1.43. The number of hydrogen-bond acceptors (Lipinski definition) is 4. The number of para-hydroxylation sites is 1. The molecule has 36 heavy (non-hydrogen) atoms. The quantitative estimate of drug-likeness (QED) is 0.207. The van der Waals surface area contributed by atoms with Crippen LogP contribution in [0.4, 0.5) is 23.2 Å². The van der Waals surface area contributed by atoms with E-state index in [9.17, 15) is 22.4 Å². The molecule has 0 saturated carbocycles. The van der Waals surface area contributed by atoms with Gasteiger partial charge in [-0.25, -0.2) is 4.39 Å². The van der Waals surface area contributed by atoms with Crippen molar-refractivity contribution in [3.05, 3.63) is 90.4 Å². The Hall–Kier alpha value is -4.12. The number of fused-ring (bicyclic) bond motifs is 1. The standard InChI is InChI=1S/C25H17F4N5OS/c26-16-8-10-18(11-9-16)34-23(20-13-30-21-7-2-1-6-19(20)21)32-33-24(34)36-14-22(35)31-17-5-3-4-15(12-17)25(27,28)29/h1-13,30H,14H2,(H,31,35). The van der Waals surface area contributed by atoms with Crippen LogP contribution in [0.15, 0.2) is 84.1 Å². The number of benzene rings is 3. The lowest BCUT2D eigenvalue weighted by Gasteiger charge is -2.11. The summed E-state index contributed by atoms with van der Waals surface area (Å²) in [5, 5.41) is 12.3. The van der Waals surface area contributed by atoms with Crippen molar-refractivity contribution in [2.24, 2.45) is 0 Å². The second-order valence-electron chi connectivity index (χ2n) is 7.78. The van der Waals surface area contributed by atoms with E-state index in [1.54, 1.807) is 22.9 Å². The molecule has 182 valence electrons. The molecular weight excluding hydrogens is 494 g/mol. The van der Waals surface area contributed by atoms with Crippen LogP contribution in [0.1, 0.15) is 5.56 Å². The fraction of sp³-hybridized carbons (Fsp3) is 0.0800. The number of aromatic amines is 1. The molecule has 2 heterocycles. The van der Waals surface area contributed by atoms with Crippen molar-refractivity contribution in [3.8, 4) is 17.1 Å². The molecule has 0 aliphatic carbocycles. The molecule has 0 unspecified atom stereocenters. The normalized spacial score (nSPS) is 11.7. The Balaban J connectivity index is 1.43. The van der Waals surface area contributed by atoms with Crippen LogP contribution in [0.2, 0.25) is 0 Å². The highest BCUT2D eigenvalue weighted by Gasteiger charge is 2.30. The fourth-order valence-electron chi connectivity index (χ4n) is 3.72. The lowest BCUT2D eigenvalue weighted by Crippen LogP contribution is -2.15. The average molecular weight is 512 g/mol. The summed E-state index contributed by atoms with van der Waals surface area (Å²) < 4.78 is 54.2. The Morgan fingerprint density at radius 3 is 2.56 bits per heavy atom. The van der Waals surface area contributed by atoms with Gasteiger partial charge in [-0.2, -0.15) is 13.2 Å². The minimum Gasteiger partial charge on any atom is -0.360 e. The van der Waals surface area contributed by atoms with E-state index >= 15 is 0 Å². The van der Waals surface area contributed by atoms with Gasteiger partial charge in [0.15, 0.2) is 11.0 Å². The molecule has 5 rings (SSSR count). The maximum Gasteiger partial charge on any atom is 0.416 e. The molecule has 2 aromatic heterocycles. The van der Waals surface area contributed by atoms with Gasteiger partial charge in [0, 0.05) is 34.0 Å². The predicted molar refractivity (Wildman–Crippen MR) is 129 cm³/mol. The van der Waals surface area contributed by atoms with Crippen molar-refractivity contribution >= 4 is 34.3 Å². The van der Waals surface area contributed by atoms with Crippen LogP contribution in [-0.4, -0.2) is 31.4 Å². The molecule has 0 aliphatic rings. The van der Waals surface area contributed by atoms with Crippen molar-refractivity contribution in [3.63, 3.8) is 0 Å². The third kappa shape index (κ3) is 4.82. The molecule has 6 nitrogen and oxygen atoms in total. The Bertz CT molecular complexity index is 1540. The minimum atomic E-state index is -4.51. The van der Waals surface area contributed by atoms with E-state index in [4.69, 9.17) is 0 Å². The van der Waals surface area contributed by atoms with Crippen LogP contribution in [0, 0.1) is 5.82 Å². The lowest BCUT2D eigenvalue weighted by atomic mass is 10.1. The first kappa shape index (κ1) is 23.6. The van der Waals surface area contributed by atoms with E-state index in [0.717, 1.165) is 40.4 Å². The van der Waals surface area contributed by atoms with E-state index < -0.39 is 23.5 Å². The van der Waals surface area contributed by atoms with Crippen LogP contribution in [0.3, 0.4) is 0 Å². The van der Waals surface area contributed by atoms with Gasteiger partial charge in [0.1, 0.15) is 5.82 Å². The van der Waals surface area contributed by atoms with Crippen molar-refractivity contribution in [1.82, 2.24) is 19.7 Å². The van der Waals surface area contributed by atoms with Gasteiger partial charge in [0.05, 0.1) is 11.3 Å². The van der Waals surface area contributed by atoms with Gasteiger partial charge in [-0.05, 0) is 48.5 Å². The Morgan fingerprint density at radius 1 is 1.00 bits per heavy atom. The first-order chi connectivity index (χ1) is 17.3. The monoisotopic (exact) mass is 511 g/mol. The largest absolute Gasteiger partial charge is 0.416 e. The zero-order valence-electron chi connectivity index (χ0n) is 18.4. The van der Waals surface area contributed by atoms with Crippen LogP contribution in [0.25, 0.3) is 28.0 Å². The Labute approximate surface area is 206 Å². The number of alkyl halides is 3. The van der Waals surface area contributed by atoms with Crippen molar-refractivity contribution in [2.45, 2.75) is 11.3 Å². The van der Waals surface area contributed by atoms with Crippen LogP contribution in [-0.2, 0) is 11.0 Å². The van der Waals surface area contributed by atoms with E-state index in [0.29, 0.717) is 16.7 Å². The van der Waals surface area contributed by atoms with E-state index in [1.165, 1.54) is 24.3 Å². The molecule has 3 aromatic carbocycles. The number of carbonyl (C=O) groups excluding carboxylic acids is 1. The number of carbonyl (C=O) groups is 1. The number of H-pyrrole nitrogens is 1. The van der Waals surface area contributed by atoms with E-state index in [-0.39, 0.29) is 11.4 Å². The summed E-state index contributed by atoms with van der Waals surface area (Å²) in [7, 11) is 0. The van der Waals surface area contributed by atoms with Gasteiger partial charge >= 0.3 is 6.18 Å². The molecule has 1 amide bonds. The third-order valence-corrected chi connectivity index (χ3v) is 6.28. The number of hydrogen-bond donors (Lipinski definition) is 2. The number of amides is 1. The Morgan fingerprint density at radius 2 is 1.78 bits per heavy atom. The fourth-order valence-corrected chi connectivity index (χ4v) is 4.47. The summed E-state index contributed by atoms with van der Waals surface area (Å²) in [6, 6.07) is 17.8. The third-order valence-electron chi connectivity index (χ3n) is 5.35. The lowest BCUT2D eigenvalue weighted by molar-refractivity contribution is -0.137. The van der Waals surface area contributed by atoms with Gasteiger partial charge in [-0.15, -0.1) is 10.2 Å². The number of nitrogens with one attached hydrogen (secondary N) is 2. The summed E-state index contributed by atoms with van der Waals surface area (Å²) in [4.78, 5) is 15.7. The van der Waals surface area contributed by atoms with Gasteiger partial charge in [-0.3, -0.25) is 9.36 Å². The van der Waals surface area contributed by atoms with Crippen LogP contribution < -0.4 is 5.32 Å². The summed E-state index contributed by atoms with van der Waals surface area (Å²) >= 11 is 1.06. The van der Waals surface area contributed by atoms with E-state index in [1.807, 2.05) is 24.3 Å². The molecule has 0 saturated heterocycles. The molecular formula is C25H17F4N5OS. The zero-order chi connectivity index (χ0) is 25.3. The van der Waals surface area contributed by atoms with Crippen molar-refractivity contribution < 1.29 is 22.4 Å². The van der Waals surface area contributed by atoms with Crippen molar-refractivity contribution in [1.29, 1.82) is 0 Å². The van der Waals surface area contributed by atoms with Gasteiger partial charge in [0.25, 0.3) is 0 Å². The molecule has 0 aliphatic heterocycles. The first-order valence-electron chi connectivity index (χ1n) is 10.7. The number of thioether (sulfide) groups is 1. The van der Waals surface area contributed by atoms with Gasteiger partial charge < -0.3 is 10.3 Å². The molecule has 0 atom stereocenters. The molecule has 0 bridgehead atoms. The molecule has 5 aromatic rings. The molecule has 11 heteroatoms. The van der Waals surface area contributed by atoms with Gasteiger partial charge in [-0.1, -0.05) is 36.0 Å². The van der Waals surface area contributed by atoms with Crippen LogP contribution in [0.5, 0.6) is 0 Å². The van der Waals surface area contributed by atoms with Gasteiger partial charge in [0.2, 0.25) is 5.91 Å². The minimum absolute atomic E-state index is 0.0370. The number of aromatic nitrogens is 4. The van der Waals surface area contributed by atoms with Crippen LogP contribution >= 0.6 is 11.8 Å². The second kappa shape index (κ2) is 9.50. The maximum absolute atomic E-state index is 13.6. The Kier molecular flexibility index (Phi) is 6.23. The molecule has 2 N–H and O–H groups in total. The highest BCUT2D eigenvalue weighted by atomic mass is 32.2.